The van der Waals surface area contributed by atoms with Crippen LogP contribution in [0.1, 0.15) is 46.5 Å². The minimum Gasteiger partial charge on any atom is -0.389 e. The van der Waals surface area contributed by atoms with Gasteiger partial charge < -0.3 is 10.4 Å². The van der Waals surface area contributed by atoms with Crippen LogP contribution in [0.15, 0.2) is 0 Å². The average molecular weight is 228 g/mol. The van der Waals surface area contributed by atoms with Crippen LogP contribution in [-0.4, -0.2) is 47.8 Å². The van der Waals surface area contributed by atoms with E-state index < -0.39 is 5.60 Å². The van der Waals surface area contributed by atoms with Crippen LogP contribution in [0, 0.1) is 0 Å². The van der Waals surface area contributed by atoms with Crippen molar-refractivity contribution in [2.75, 3.05) is 26.2 Å². The number of nitrogens with zero attached hydrogens (tertiary/aromatic N) is 1. The lowest BCUT2D eigenvalue weighted by molar-refractivity contribution is -0.000649. The minimum absolute atomic E-state index is 0.535. The van der Waals surface area contributed by atoms with Crippen molar-refractivity contribution in [2.24, 2.45) is 0 Å². The molecule has 1 heterocycles. The summed E-state index contributed by atoms with van der Waals surface area (Å²) in [6, 6.07) is 0.617. The topological polar surface area (TPSA) is 35.5 Å². The molecule has 1 rings (SSSR count). The molecule has 1 aliphatic rings. The summed E-state index contributed by atoms with van der Waals surface area (Å²) in [4.78, 5) is 2.47. The molecule has 16 heavy (non-hydrogen) atoms. The molecule has 1 saturated heterocycles. The van der Waals surface area contributed by atoms with E-state index in [1.165, 1.54) is 12.8 Å². The zero-order valence-corrected chi connectivity index (χ0v) is 11.1. The summed E-state index contributed by atoms with van der Waals surface area (Å²) in [6.07, 6.45) is 4.52. The van der Waals surface area contributed by atoms with Crippen LogP contribution in [0.5, 0.6) is 0 Å². The van der Waals surface area contributed by atoms with Gasteiger partial charge in [0.2, 0.25) is 0 Å². The van der Waals surface area contributed by atoms with Crippen molar-refractivity contribution in [3.8, 4) is 0 Å². The first-order valence-corrected chi connectivity index (χ1v) is 6.76. The van der Waals surface area contributed by atoms with E-state index in [9.17, 15) is 5.11 Å². The van der Waals surface area contributed by atoms with E-state index in [0.717, 1.165) is 39.0 Å². The molecule has 0 bridgehead atoms. The number of piperidine rings is 1. The molecule has 0 aromatic heterocycles. The highest BCUT2D eigenvalue weighted by Crippen LogP contribution is 2.17. The summed E-state index contributed by atoms with van der Waals surface area (Å²) >= 11 is 0. The lowest BCUT2D eigenvalue weighted by Gasteiger charge is -2.38. The van der Waals surface area contributed by atoms with Gasteiger partial charge in [-0.15, -0.1) is 0 Å². The standard InChI is InChI=1S/C13H28N2O/c1-4-9-15(11-13(3,16)5-2)12-7-6-8-14-10-12/h12,14,16H,4-11H2,1-3H3. The fourth-order valence-electron chi connectivity index (χ4n) is 2.37. The summed E-state index contributed by atoms with van der Waals surface area (Å²) in [5.74, 6) is 0. The van der Waals surface area contributed by atoms with Gasteiger partial charge in [0.05, 0.1) is 5.60 Å². The predicted molar refractivity (Wildman–Crippen MR) is 68.7 cm³/mol. The van der Waals surface area contributed by atoms with Gasteiger partial charge in [-0.25, -0.2) is 0 Å². The Morgan fingerprint density at radius 3 is 2.69 bits per heavy atom. The Morgan fingerprint density at radius 2 is 2.19 bits per heavy atom. The van der Waals surface area contributed by atoms with Crippen molar-refractivity contribution >= 4 is 0 Å². The molecular weight excluding hydrogens is 200 g/mol. The first-order valence-electron chi connectivity index (χ1n) is 6.76. The third kappa shape index (κ3) is 4.40. The van der Waals surface area contributed by atoms with Gasteiger partial charge in [0.25, 0.3) is 0 Å². The van der Waals surface area contributed by atoms with E-state index >= 15 is 0 Å². The van der Waals surface area contributed by atoms with Crippen LogP contribution in [0.2, 0.25) is 0 Å². The van der Waals surface area contributed by atoms with Gasteiger partial charge in [-0.05, 0) is 45.7 Å². The molecule has 0 saturated carbocycles. The molecular formula is C13H28N2O. The van der Waals surface area contributed by atoms with Crippen LogP contribution in [0.4, 0.5) is 0 Å². The fourth-order valence-corrected chi connectivity index (χ4v) is 2.37. The monoisotopic (exact) mass is 228 g/mol. The van der Waals surface area contributed by atoms with Gasteiger partial charge in [-0.3, -0.25) is 4.90 Å². The van der Waals surface area contributed by atoms with E-state index in [-0.39, 0.29) is 0 Å². The van der Waals surface area contributed by atoms with Crippen LogP contribution in [-0.2, 0) is 0 Å². The highest BCUT2D eigenvalue weighted by Gasteiger charge is 2.27. The highest BCUT2D eigenvalue weighted by molar-refractivity contribution is 4.83. The van der Waals surface area contributed by atoms with Crippen molar-refractivity contribution in [3.63, 3.8) is 0 Å². The van der Waals surface area contributed by atoms with Crippen molar-refractivity contribution in [3.05, 3.63) is 0 Å². The molecule has 2 N–H and O–H groups in total. The quantitative estimate of drug-likeness (QED) is 0.725. The molecule has 3 heteroatoms. The maximum absolute atomic E-state index is 10.2. The Bertz CT molecular complexity index is 188. The first-order chi connectivity index (χ1) is 7.59. The van der Waals surface area contributed by atoms with Gasteiger partial charge in [-0.1, -0.05) is 13.8 Å². The van der Waals surface area contributed by atoms with E-state index in [1.54, 1.807) is 0 Å². The molecule has 2 unspecified atom stereocenters. The number of aliphatic hydroxyl groups is 1. The van der Waals surface area contributed by atoms with E-state index in [1.807, 2.05) is 6.92 Å². The Labute approximate surface area is 100 Å². The average Bonchev–Trinajstić information content (AvgIpc) is 2.29. The Morgan fingerprint density at radius 1 is 1.44 bits per heavy atom. The number of rotatable bonds is 6. The molecule has 0 radical (unpaired) electrons. The lowest BCUT2D eigenvalue weighted by Crippen LogP contribution is -2.51. The van der Waals surface area contributed by atoms with Gasteiger partial charge in [-0.2, -0.15) is 0 Å². The molecule has 0 spiro atoms. The third-order valence-electron chi connectivity index (χ3n) is 3.60. The largest absolute Gasteiger partial charge is 0.389 e. The third-order valence-corrected chi connectivity index (χ3v) is 3.60. The van der Waals surface area contributed by atoms with Crippen LogP contribution < -0.4 is 5.32 Å². The molecule has 1 fully saturated rings. The van der Waals surface area contributed by atoms with Crippen LogP contribution in [0.3, 0.4) is 0 Å². The second kappa shape index (κ2) is 6.58. The Hall–Kier alpha value is -0.120. The van der Waals surface area contributed by atoms with E-state index in [0.29, 0.717) is 6.04 Å². The smallest absolute Gasteiger partial charge is 0.0743 e. The van der Waals surface area contributed by atoms with E-state index in [4.69, 9.17) is 0 Å². The summed E-state index contributed by atoms with van der Waals surface area (Å²) in [6.45, 7) is 10.4. The maximum atomic E-state index is 10.2. The molecule has 0 aromatic carbocycles. The summed E-state index contributed by atoms with van der Waals surface area (Å²) in [5.41, 5.74) is -0.535. The number of hydrogen-bond acceptors (Lipinski definition) is 3. The van der Waals surface area contributed by atoms with Gasteiger partial charge in [0.1, 0.15) is 0 Å². The summed E-state index contributed by atoms with van der Waals surface area (Å²) in [5, 5.41) is 13.6. The molecule has 96 valence electrons. The molecule has 1 aliphatic heterocycles. The van der Waals surface area contributed by atoms with Crippen LogP contribution in [0.25, 0.3) is 0 Å². The molecule has 3 nitrogen and oxygen atoms in total. The summed E-state index contributed by atoms with van der Waals surface area (Å²) in [7, 11) is 0. The van der Waals surface area contributed by atoms with Gasteiger partial charge in [0.15, 0.2) is 0 Å². The number of hydrogen-bond donors (Lipinski definition) is 2. The number of nitrogens with one attached hydrogen (secondary N) is 1. The van der Waals surface area contributed by atoms with Crippen molar-refractivity contribution in [2.45, 2.75) is 58.1 Å². The summed E-state index contributed by atoms with van der Waals surface area (Å²) < 4.78 is 0. The zero-order chi connectivity index (χ0) is 12.0. The Kier molecular flexibility index (Phi) is 5.73. The highest BCUT2D eigenvalue weighted by atomic mass is 16.3. The normalized spacial score (nSPS) is 25.7. The fraction of sp³-hybridized carbons (Fsp3) is 1.00. The maximum Gasteiger partial charge on any atom is 0.0743 e. The molecule has 0 aliphatic carbocycles. The SMILES string of the molecule is CCCN(CC(C)(O)CC)C1CCCNC1. The predicted octanol–water partition coefficient (Wildman–Crippen LogP) is 1.61. The van der Waals surface area contributed by atoms with Crippen molar-refractivity contribution in [1.82, 2.24) is 10.2 Å². The molecule has 0 aromatic rings. The van der Waals surface area contributed by atoms with Crippen LogP contribution >= 0.6 is 0 Å². The second-order valence-electron chi connectivity index (χ2n) is 5.32. The van der Waals surface area contributed by atoms with Gasteiger partial charge in [0, 0.05) is 19.1 Å². The molecule has 0 amide bonds. The molecule has 2 atom stereocenters. The first kappa shape index (κ1) is 13.9. The second-order valence-corrected chi connectivity index (χ2v) is 5.32. The van der Waals surface area contributed by atoms with Gasteiger partial charge >= 0.3 is 0 Å². The zero-order valence-electron chi connectivity index (χ0n) is 11.1. The van der Waals surface area contributed by atoms with Crippen molar-refractivity contribution < 1.29 is 5.11 Å². The van der Waals surface area contributed by atoms with Crippen molar-refractivity contribution in [1.29, 1.82) is 0 Å². The Balaban J connectivity index is 2.51. The minimum atomic E-state index is -0.535. The lowest BCUT2D eigenvalue weighted by atomic mass is 9.99. The van der Waals surface area contributed by atoms with E-state index in [2.05, 4.69) is 24.1 Å².